The van der Waals surface area contributed by atoms with Gasteiger partial charge in [-0.15, -0.1) is 0 Å². The number of likely N-dealkylation sites (tertiary alicyclic amines) is 1. The van der Waals surface area contributed by atoms with Crippen LogP contribution in [-0.4, -0.2) is 35.6 Å². The summed E-state index contributed by atoms with van der Waals surface area (Å²) >= 11 is 6.28. The molecule has 0 N–H and O–H groups in total. The lowest BCUT2D eigenvalue weighted by molar-refractivity contribution is -0.236. The Bertz CT molecular complexity index is 896. The normalized spacial score (nSPS) is 40.8. The van der Waals surface area contributed by atoms with Gasteiger partial charge in [-0.1, -0.05) is 48.4 Å². The fourth-order valence-electron chi connectivity index (χ4n) is 7.56. The highest BCUT2D eigenvalue weighted by atomic mass is 35.5. The van der Waals surface area contributed by atoms with Crippen LogP contribution in [0.3, 0.4) is 0 Å². The molecule has 4 aliphatic carbocycles. The van der Waals surface area contributed by atoms with Crippen molar-refractivity contribution in [2.45, 2.75) is 55.1 Å². The van der Waals surface area contributed by atoms with E-state index in [1.54, 1.807) is 5.56 Å². The first-order valence-corrected chi connectivity index (χ1v) is 11.5. The number of rotatable bonds is 4. The van der Waals surface area contributed by atoms with Crippen LogP contribution in [0.4, 0.5) is 0 Å². The van der Waals surface area contributed by atoms with E-state index in [0.29, 0.717) is 27.9 Å². The summed E-state index contributed by atoms with van der Waals surface area (Å²) in [5.41, 5.74) is 3.48. The molecule has 1 aliphatic heterocycles. The Balaban J connectivity index is 1.26. The van der Waals surface area contributed by atoms with Crippen LogP contribution < -0.4 is 0 Å². The molecule has 0 amide bonds. The molecule has 1 saturated heterocycles. The summed E-state index contributed by atoms with van der Waals surface area (Å²) in [6, 6.07) is 15.3. The fourth-order valence-corrected chi connectivity index (χ4v) is 7.73. The molecule has 1 aromatic carbocycles. The van der Waals surface area contributed by atoms with E-state index in [-0.39, 0.29) is 5.60 Å². The summed E-state index contributed by atoms with van der Waals surface area (Å²) in [7, 11) is 1.90. The number of hydrogen-bond acceptors (Lipinski definition) is 3. The van der Waals surface area contributed by atoms with Gasteiger partial charge in [-0.2, -0.15) is 0 Å². The van der Waals surface area contributed by atoms with E-state index in [2.05, 4.69) is 46.3 Å². The predicted molar refractivity (Wildman–Crippen MR) is 115 cm³/mol. The summed E-state index contributed by atoms with van der Waals surface area (Å²) in [4.78, 5) is 7.07. The second-order valence-corrected chi connectivity index (χ2v) is 10.4. The van der Waals surface area contributed by atoms with Crippen molar-refractivity contribution in [3.63, 3.8) is 0 Å². The maximum Gasteiger partial charge on any atom is 0.129 e. The number of methoxy groups -OCH3 is 1. The van der Waals surface area contributed by atoms with Crippen molar-refractivity contribution in [3.8, 4) is 0 Å². The predicted octanol–water partition coefficient (Wildman–Crippen LogP) is 5.18. The lowest BCUT2D eigenvalue weighted by Gasteiger charge is -2.76. The minimum atomic E-state index is -0.206. The van der Waals surface area contributed by atoms with Gasteiger partial charge >= 0.3 is 0 Å². The molecule has 4 bridgehead atoms. The van der Waals surface area contributed by atoms with Crippen LogP contribution in [0.25, 0.3) is 0 Å². The summed E-state index contributed by atoms with van der Waals surface area (Å²) in [6.45, 7) is 2.30. The van der Waals surface area contributed by atoms with Gasteiger partial charge in [-0.25, -0.2) is 4.98 Å². The molecule has 2 aromatic rings. The Morgan fingerprint density at radius 1 is 1.00 bits per heavy atom. The van der Waals surface area contributed by atoms with Crippen molar-refractivity contribution < 1.29 is 4.74 Å². The molecule has 2 heterocycles. The fraction of sp³-hybridized carbons (Fsp3) is 0.560. The molecular weight excluding hydrogens is 380 g/mol. The largest absolute Gasteiger partial charge is 0.373 e. The molecule has 4 saturated carbocycles. The summed E-state index contributed by atoms with van der Waals surface area (Å²) in [6.07, 6.45) is 9.64. The number of nitrogens with zero attached hydrogens (tertiary/aromatic N) is 2. The summed E-state index contributed by atoms with van der Waals surface area (Å²) in [5, 5.41) is 0.573. The minimum absolute atomic E-state index is 0.206. The van der Waals surface area contributed by atoms with E-state index in [4.69, 9.17) is 16.3 Å². The first-order chi connectivity index (χ1) is 14.1. The number of halogens is 1. The molecule has 0 radical (unpaired) electrons. The average Bonchev–Trinajstić information content (AvgIpc) is 2.66. The van der Waals surface area contributed by atoms with Gasteiger partial charge in [0.05, 0.1) is 0 Å². The number of ether oxygens (including phenoxy) is 1. The molecule has 29 heavy (non-hydrogen) atoms. The van der Waals surface area contributed by atoms with Crippen LogP contribution in [0.5, 0.6) is 0 Å². The van der Waals surface area contributed by atoms with Gasteiger partial charge in [0, 0.05) is 49.2 Å². The molecule has 3 nitrogen and oxygen atoms in total. The van der Waals surface area contributed by atoms with Gasteiger partial charge in [-0.3, -0.25) is 4.90 Å². The van der Waals surface area contributed by atoms with Gasteiger partial charge in [-0.05, 0) is 55.4 Å². The summed E-state index contributed by atoms with van der Waals surface area (Å²) in [5.74, 6) is 1.06. The van der Waals surface area contributed by atoms with Crippen molar-refractivity contribution in [2.75, 3.05) is 20.2 Å². The molecule has 7 rings (SSSR count). The Morgan fingerprint density at radius 3 is 2.31 bits per heavy atom. The van der Waals surface area contributed by atoms with Crippen LogP contribution in [0.15, 0.2) is 48.7 Å². The van der Waals surface area contributed by atoms with E-state index >= 15 is 0 Å². The van der Waals surface area contributed by atoms with E-state index in [1.807, 2.05) is 19.4 Å². The average molecular weight is 409 g/mol. The molecule has 1 aromatic heterocycles. The maximum absolute atomic E-state index is 6.39. The van der Waals surface area contributed by atoms with Crippen LogP contribution in [0.1, 0.15) is 49.7 Å². The molecule has 0 spiro atoms. The number of piperidine rings is 1. The van der Waals surface area contributed by atoms with Crippen molar-refractivity contribution in [1.82, 2.24) is 9.88 Å². The molecule has 5 aliphatic rings. The van der Waals surface area contributed by atoms with Crippen molar-refractivity contribution in [1.29, 1.82) is 0 Å². The molecule has 1 unspecified atom stereocenters. The van der Waals surface area contributed by atoms with Crippen LogP contribution in [0.2, 0.25) is 5.15 Å². The Kier molecular flexibility index (Phi) is 3.98. The Labute approximate surface area is 178 Å². The number of hydrogen-bond donors (Lipinski definition) is 0. The minimum Gasteiger partial charge on any atom is -0.373 e. The zero-order valence-corrected chi connectivity index (χ0v) is 17.9. The number of aromatic nitrogens is 1. The van der Waals surface area contributed by atoms with Crippen LogP contribution in [-0.2, 0) is 15.8 Å². The van der Waals surface area contributed by atoms with E-state index in [0.717, 1.165) is 13.1 Å². The number of fused-ring (bicyclic) bond motifs is 2. The van der Waals surface area contributed by atoms with Crippen molar-refractivity contribution >= 4 is 11.6 Å². The highest BCUT2D eigenvalue weighted by molar-refractivity contribution is 6.29. The first-order valence-electron chi connectivity index (χ1n) is 11.1. The van der Waals surface area contributed by atoms with Crippen molar-refractivity contribution in [3.05, 3.63) is 64.9 Å². The van der Waals surface area contributed by atoms with E-state index in [1.165, 1.54) is 44.1 Å². The molecule has 5 fully saturated rings. The van der Waals surface area contributed by atoms with Gasteiger partial charge in [0.15, 0.2) is 0 Å². The monoisotopic (exact) mass is 408 g/mol. The SMILES string of the molecule is COC1(c2ccnc(Cl)c2)[C@@H]2CCC[C@H]1CN(C13CC(c4ccccc4)(C1)C3)C2. The second-order valence-electron chi connectivity index (χ2n) is 10.00. The summed E-state index contributed by atoms with van der Waals surface area (Å²) < 4.78 is 6.39. The lowest BCUT2D eigenvalue weighted by Crippen LogP contribution is -2.79. The van der Waals surface area contributed by atoms with Crippen LogP contribution in [0, 0.1) is 11.8 Å². The number of benzene rings is 1. The third kappa shape index (κ3) is 2.41. The lowest BCUT2D eigenvalue weighted by atomic mass is 9.36. The van der Waals surface area contributed by atoms with Gasteiger partial charge in [0.2, 0.25) is 0 Å². The van der Waals surface area contributed by atoms with E-state index in [9.17, 15) is 0 Å². The van der Waals surface area contributed by atoms with Gasteiger partial charge in [0.1, 0.15) is 10.8 Å². The zero-order valence-electron chi connectivity index (χ0n) is 17.1. The van der Waals surface area contributed by atoms with Crippen molar-refractivity contribution in [2.24, 2.45) is 11.8 Å². The third-order valence-corrected chi connectivity index (χ3v) is 8.98. The third-order valence-electron chi connectivity index (χ3n) is 8.77. The molecule has 3 atom stereocenters. The zero-order chi connectivity index (χ0) is 19.7. The number of pyridine rings is 1. The maximum atomic E-state index is 6.39. The topological polar surface area (TPSA) is 25.4 Å². The van der Waals surface area contributed by atoms with E-state index < -0.39 is 0 Å². The van der Waals surface area contributed by atoms with Crippen LogP contribution >= 0.6 is 11.6 Å². The Hall–Kier alpha value is -1.42. The smallest absolute Gasteiger partial charge is 0.129 e. The molecule has 152 valence electrons. The quantitative estimate of drug-likeness (QED) is 0.651. The Morgan fingerprint density at radius 2 is 1.69 bits per heavy atom. The van der Waals surface area contributed by atoms with Gasteiger partial charge < -0.3 is 4.74 Å². The highest BCUT2D eigenvalue weighted by Crippen LogP contribution is 2.71. The first kappa shape index (κ1) is 18.4. The standard InChI is InChI=1S/C25H29ClN2O/c1-29-25(19-10-11-27-22(26)12-19)20-8-5-9-21(25)14-28(13-20)24-15-23(16-24,17-24)18-6-3-2-4-7-18/h2-4,6-7,10-12,20-21H,5,8-9,13-17H2,1H3/t20-,21+,23?,24?,25?. The molecule has 4 heteroatoms. The molecular formula is C25H29ClN2O. The van der Waals surface area contributed by atoms with Gasteiger partial charge in [0.25, 0.3) is 0 Å². The highest BCUT2D eigenvalue weighted by Gasteiger charge is 2.72. The second kappa shape index (κ2) is 6.29.